The molecule has 0 N–H and O–H groups in total. The zero-order valence-corrected chi connectivity index (χ0v) is 40.6. The second kappa shape index (κ2) is 16.5. The second-order valence-electron chi connectivity index (χ2n) is 19.3. The van der Waals surface area contributed by atoms with Gasteiger partial charge in [-0.15, -0.1) is 0 Å². The van der Waals surface area contributed by atoms with Gasteiger partial charge in [-0.2, -0.15) is 0 Å². The zero-order chi connectivity index (χ0) is 49.8. The molecule has 0 aliphatic rings. The maximum absolute atomic E-state index is 7.26. The van der Waals surface area contributed by atoms with Crippen molar-refractivity contribution in [2.24, 2.45) is 0 Å². The van der Waals surface area contributed by atoms with E-state index in [1.54, 1.807) is 0 Å². The number of fused-ring (bicyclic) bond motifs is 14. The van der Waals surface area contributed by atoms with Crippen molar-refractivity contribution >= 4 is 87.5 Å². The van der Waals surface area contributed by atoms with E-state index in [1.165, 1.54) is 0 Å². The molecule has 6 aromatic heterocycles. The van der Waals surface area contributed by atoms with Gasteiger partial charge in [0.15, 0.2) is 17.5 Å². The zero-order valence-electron chi connectivity index (χ0n) is 40.6. The van der Waals surface area contributed by atoms with Crippen LogP contribution < -0.4 is 0 Å². The summed E-state index contributed by atoms with van der Waals surface area (Å²) in [5, 5.41) is 8.44. The van der Waals surface area contributed by atoms with E-state index in [1.807, 2.05) is 66.9 Å². The SMILES string of the molecule is c1ccc(-c2nc(-c3ccccc3)nc(-c3cc(-c4cccc5c4oc4c5ccc5c4c4ccccc4n5-c4ccccc4)cnc3-c3cccc4c3oc3c4ccc4c3c3ccccc3n4-c3ccccc3)n2)cc1. The molecule has 0 radical (unpaired) electrons. The lowest BCUT2D eigenvalue weighted by Gasteiger charge is -2.13. The molecule has 0 unspecified atom stereocenters. The third-order valence-corrected chi connectivity index (χ3v) is 15.0. The Labute approximate surface area is 434 Å². The lowest BCUT2D eigenvalue weighted by atomic mass is 9.97. The van der Waals surface area contributed by atoms with Gasteiger partial charge in [-0.3, -0.25) is 4.98 Å². The second-order valence-corrected chi connectivity index (χ2v) is 19.3. The molecule has 76 heavy (non-hydrogen) atoms. The Balaban J connectivity index is 0.956. The van der Waals surface area contributed by atoms with E-state index in [0.29, 0.717) is 23.2 Å². The molecule has 8 heteroatoms. The van der Waals surface area contributed by atoms with Crippen LogP contribution in [0.1, 0.15) is 0 Å². The van der Waals surface area contributed by atoms with Crippen LogP contribution in [-0.2, 0) is 0 Å². The molecule has 0 aliphatic carbocycles. The standard InChI is InChI=1S/C68H40N6O2/c1-5-19-41(20-6-1)66-70-67(42-21-7-2-8-22-42)72-68(71-66)54-39-43(46-29-17-30-47-49-35-37-57-59(64(49)75-62(46)47)51-27-13-15-33-55(51)73(57)44-23-9-3-10-24-44)40-69-61(54)53-32-18-31-48-50-36-38-58-60(65(50)76-63(48)53)52-28-14-16-34-56(52)74(58)45-25-11-4-12-26-45/h1-40H. The minimum Gasteiger partial charge on any atom is -0.455 e. The summed E-state index contributed by atoms with van der Waals surface area (Å²) in [5.41, 5.74) is 15.4. The van der Waals surface area contributed by atoms with E-state index in [0.717, 1.165) is 132 Å². The summed E-state index contributed by atoms with van der Waals surface area (Å²) in [7, 11) is 0. The molecule has 0 aliphatic heterocycles. The van der Waals surface area contributed by atoms with Crippen LogP contribution in [0.3, 0.4) is 0 Å². The first kappa shape index (κ1) is 42.1. The highest BCUT2D eigenvalue weighted by atomic mass is 16.3. The molecular formula is C68H40N6O2. The van der Waals surface area contributed by atoms with Crippen LogP contribution in [0.5, 0.6) is 0 Å². The minimum atomic E-state index is 0.478. The third kappa shape index (κ3) is 6.31. The normalized spacial score (nSPS) is 11.9. The van der Waals surface area contributed by atoms with E-state index in [9.17, 15) is 0 Å². The Hall–Kier alpha value is -10.4. The molecule has 0 saturated carbocycles. The summed E-state index contributed by atoms with van der Waals surface area (Å²) in [6, 6.07) is 82.0. The summed E-state index contributed by atoms with van der Waals surface area (Å²) in [4.78, 5) is 21.2. The Morgan fingerprint density at radius 1 is 0.289 bits per heavy atom. The molecule has 354 valence electrons. The molecule has 0 spiro atoms. The van der Waals surface area contributed by atoms with Crippen molar-refractivity contribution in [3.8, 4) is 67.9 Å². The molecule has 0 atom stereocenters. The average Bonchev–Trinajstić information content (AvgIpc) is 4.30. The number of nitrogens with zero attached hydrogens (tertiary/aromatic N) is 6. The highest BCUT2D eigenvalue weighted by molar-refractivity contribution is 6.26. The summed E-state index contributed by atoms with van der Waals surface area (Å²) in [6.45, 7) is 0. The number of hydrogen-bond donors (Lipinski definition) is 0. The molecule has 16 rings (SSSR count). The van der Waals surface area contributed by atoms with Crippen molar-refractivity contribution < 1.29 is 8.83 Å². The number of pyridine rings is 1. The molecule has 10 aromatic carbocycles. The number of rotatable bonds is 7. The third-order valence-electron chi connectivity index (χ3n) is 15.0. The molecule has 0 fully saturated rings. The summed E-state index contributed by atoms with van der Waals surface area (Å²) >= 11 is 0. The van der Waals surface area contributed by atoms with E-state index in [-0.39, 0.29) is 0 Å². The van der Waals surface area contributed by atoms with Crippen molar-refractivity contribution in [2.45, 2.75) is 0 Å². The average molecular weight is 973 g/mol. The van der Waals surface area contributed by atoms with Gasteiger partial charge in [0.1, 0.15) is 22.3 Å². The van der Waals surface area contributed by atoms with Crippen molar-refractivity contribution in [2.75, 3.05) is 0 Å². The molecule has 0 amide bonds. The van der Waals surface area contributed by atoms with Gasteiger partial charge < -0.3 is 18.0 Å². The van der Waals surface area contributed by atoms with Gasteiger partial charge in [-0.25, -0.2) is 15.0 Å². The maximum atomic E-state index is 7.26. The van der Waals surface area contributed by atoms with Crippen LogP contribution in [0.4, 0.5) is 0 Å². The summed E-state index contributed by atoms with van der Waals surface area (Å²) in [5.74, 6) is 1.58. The van der Waals surface area contributed by atoms with Crippen LogP contribution in [0, 0.1) is 0 Å². The number of hydrogen-bond acceptors (Lipinski definition) is 6. The van der Waals surface area contributed by atoms with Crippen LogP contribution in [0.15, 0.2) is 252 Å². The quantitative estimate of drug-likeness (QED) is 0.158. The first-order valence-electron chi connectivity index (χ1n) is 25.5. The van der Waals surface area contributed by atoms with Crippen LogP contribution in [0.25, 0.3) is 155 Å². The highest BCUT2D eigenvalue weighted by Crippen LogP contribution is 2.47. The largest absolute Gasteiger partial charge is 0.455 e. The predicted molar refractivity (Wildman–Crippen MR) is 308 cm³/mol. The first-order chi connectivity index (χ1) is 37.7. The van der Waals surface area contributed by atoms with Crippen LogP contribution in [-0.4, -0.2) is 29.1 Å². The molecule has 0 saturated heterocycles. The molecule has 0 bridgehead atoms. The first-order valence-corrected chi connectivity index (χ1v) is 25.5. The lowest BCUT2D eigenvalue weighted by molar-refractivity contribution is 0.673. The van der Waals surface area contributed by atoms with E-state index < -0.39 is 0 Å². The maximum Gasteiger partial charge on any atom is 0.166 e. The van der Waals surface area contributed by atoms with Gasteiger partial charge >= 0.3 is 0 Å². The fourth-order valence-electron chi connectivity index (χ4n) is 11.7. The van der Waals surface area contributed by atoms with E-state index in [4.69, 9.17) is 28.8 Å². The monoisotopic (exact) mass is 972 g/mol. The van der Waals surface area contributed by atoms with E-state index >= 15 is 0 Å². The minimum absolute atomic E-state index is 0.478. The molecule has 8 nitrogen and oxygen atoms in total. The molecular weight excluding hydrogens is 933 g/mol. The molecule has 6 heterocycles. The Morgan fingerprint density at radius 3 is 1.24 bits per heavy atom. The van der Waals surface area contributed by atoms with Gasteiger partial charge in [0.25, 0.3) is 0 Å². The van der Waals surface area contributed by atoms with Crippen molar-refractivity contribution in [3.63, 3.8) is 0 Å². The van der Waals surface area contributed by atoms with Crippen molar-refractivity contribution in [1.82, 2.24) is 29.1 Å². The van der Waals surface area contributed by atoms with Crippen molar-refractivity contribution in [3.05, 3.63) is 243 Å². The fourth-order valence-corrected chi connectivity index (χ4v) is 11.7. The predicted octanol–water partition coefficient (Wildman–Crippen LogP) is 17.6. The van der Waals surface area contributed by atoms with Crippen LogP contribution >= 0.6 is 0 Å². The fraction of sp³-hybridized carbons (Fsp3) is 0. The van der Waals surface area contributed by atoms with Gasteiger partial charge in [0, 0.05) is 83.3 Å². The van der Waals surface area contributed by atoms with Crippen molar-refractivity contribution in [1.29, 1.82) is 0 Å². The highest BCUT2D eigenvalue weighted by Gasteiger charge is 2.26. The van der Waals surface area contributed by atoms with Gasteiger partial charge in [-0.05, 0) is 72.8 Å². The van der Waals surface area contributed by atoms with Gasteiger partial charge in [0.2, 0.25) is 0 Å². The number of aromatic nitrogens is 6. The summed E-state index contributed by atoms with van der Waals surface area (Å²) < 4.78 is 19.1. The van der Waals surface area contributed by atoms with E-state index in [2.05, 4.69) is 185 Å². The van der Waals surface area contributed by atoms with Gasteiger partial charge in [-0.1, -0.05) is 164 Å². The number of para-hydroxylation sites is 6. The Kier molecular flexibility index (Phi) is 9.17. The topological polar surface area (TPSA) is 87.7 Å². The smallest absolute Gasteiger partial charge is 0.166 e. The Bertz CT molecular complexity index is 4920. The number of furan rings is 2. The Morgan fingerprint density at radius 2 is 0.711 bits per heavy atom. The number of benzene rings is 10. The summed E-state index contributed by atoms with van der Waals surface area (Å²) in [6.07, 6.45) is 1.95. The molecule has 16 aromatic rings. The lowest BCUT2D eigenvalue weighted by Crippen LogP contribution is -2.02. The van der Waals surface area contributed by atoms with Crippen LogP contribution in [0.2, 0.25) is 0 Å². The van der Waals surface area contributed by atoms with Gasteiger partial charge in [0.05, 0.1) is 38.5 Å².